The first-order valence-electron chi connectivity index (χ1n) is 8.61. The van der Waals surface area contributed by atoms with Crippen molar-refractivity contribution >= 4 is 5.91 Å². The van der Waals surface area contributed by atoms with E-state index in [4.69, 9.17) is 14.0 Å². The van der Waals surface area contributed by atoms with E-state index < -0.39 is 0 Å². The van der Waals surface area contributed by atoms with E-state index in [2.05, 4.69) is 20.4 Å². The molecule has 0 fully saturated rings. The van der Waals surface area contributed by atoms with Crippen molar-refractivity contribution in [2.24, 2.45) is 0 Å². The van der Waals surface area contributed by atoms with Crippen LogP contribution in [0.2, 0.25) is 0 Å². The van der Waals surface area contributed by atoms with Gasteiger partial charge in [0.2, 0.25) is 0 Å². The zero-order valence-electron chi connectivity index (χ0n) is 14.9. The molecule has 3 rings (SSSR count). The van der Waals surface area contributed by atoms with Gasteiger partial charge in [-0.25, -0.2) is 0 Å². The number of aromatic nitrogens is 3. The van der Waals surface area contributed by atoms with E-state index in [1.54, 1.807) is 24.4 Å². The third-order valence-electron chi connectivity index (χ3n) is 3.53. The number of hydrogen-bond donors (Lipinski definition) is 1. The van der Waals surface area contributed by atoms with Crippen LogP contribution in [0.25, 0.3) is 11.6 Å². The zero-order chi connectivity index (χ0) is 18.9. The highest BCUT2D eigenvalue weighted by molar-refractivity contribution is 5.77. The van der Waals surface area contributed by atoms with Crippen LogP contribution in [0.1, 0.15) is 12.7 Å². The normalized spacial score (nSPS) is 10.4. The van der Waals surface area contributed by atoms with Crippen LogP contribution in [0.3, 0.4) is 0 Å². The maximum atomic E-state index is 12.0. The Morgan fingerprint density at radius 1 is 1.11 bits per heavy atom. The Bertz CT molecular complexity index is 867. The molecule has 0 aliphatic heterocycles. The van der Waals surface area contributed by atoms with Crippen molar-refractivity contribution in [3.8, 4) is 23.1 Å². The van der Waals surface area contributed by atoms with Crippen molar-refractivity contribution in [1.29, 1.82) is 0 Å². The molecule has 1 amide bonds. The molecule has 1 N–H and O–H groups in total. The van der Waals surface area contributed by atoms with Crippen molar-refractivity contribution in [3.63, 3.8) is 0 Å². The summed E-state index contributed by atoms with van der Waals surface area (Å²) >= 11 is 0. The zero-order valence-corrected chi connectivity index (χ0v) is 14.9. The van der Waals surface area contributed by atoms with Gasteiger partial charge in [0, 0.05) is 19.2 Å². The van der Waals surface area contributed by atoms with Crippen molar-refractivity contribution in [1.82, 2.24) is 20.4 Å². The minimum atomic E-state index is -0.241. The Kier molecular flexibility index (Phi) is 6.35. The predicted octanol–water partition coefficient (Wildman–Crippen LogP) is 2.27. The van der Waals surface area contributed by atoms with Gasteiger partial charge in [0.1, 0.15) is 5.69 Å². The molecule has 0 aliphatic carbocycles. The van der Waals surface area contributed by atoms with Crippen LogP contribution in [-0.2, 0) is 11.2 Å². The summed E-state index contributed by atoms with van der Waals surface area (Å²) < 4.78 is 16.2. The first-order chi connectivity index (χ1) is 13.3. The van der Waals surface area contributed by atoms with Crippen LogP contribution in [0.15, 0.2) is 53.2 Å². The lowest BCUT2D eigenvalue weighted by Gasteiger charge is -2.11. The number of pyridine rings is 1. The average Bonchev–Trinajstić information content (AvgIpc) is 3.17. The Morgan fingerprint density at radius 3 is 2.63 bits per heavy atom. The molecule has 0 spiro atoms. The second-order valence-corrected chi connectivity index (χ2v) is 5.50. The van der Waals surface area contributed by atoms with E-state index >= 15 is 0 Å². The average molecular weight is 368 g/mol. The number of nitrogens with zero attached hydrogens (tertiary/aromatic N) is 3. The Labute approximate surface area is 156 Å². The number of hydrogen-bond acceptors (Lipinski definition) is 7. The summed E-state index contributed by atoms with van der Waals surface area (Å²) in [4.78, 5) is 20.4. The highest BCUT2D eigenvalue weighted by atomic mass is 16.5. The van der Waals surface area contributed by atoms with E-state index in [1.165, 1.54) is 0 Å². The van der Waals surface area contributed by atoms with Gasteiger partial charge >= 0.3 is 0 Å². The molecule has 3 aromatic rings. The number of amides is 1. The third kappa shape index (κ3) is 5.27. The van der Waals surface area contributed by atoms with Gasteiger partial charge in [0.15, 0.2) is 23.9 Å². The van der Waals surface area contributed by atoms with Crippen LogP contribution in [0.4, 0.5) is 0 Å². The summed E-state index contributed by atoms with van der Waals surface area (Å²) in [6.07, 6.45) is 2.10. The monoisotopic (exact) mass is 368 g/mol. The van der Waals surface area contributed by atoms with Crippen LogP contribution < -0.4 is 14.8 Å². The molecule has 0 saturated heterocycles. The van der Waals surface area contributed by atoms with Crippen molar-refractivity contribution < 1.29 is 18.8 Å². The molecular formula is C19H20N4O4. The lowest BCUT2D eigenvalue weighted by molar-refractivity contribution is -0.123. The molecule has 140 valence electrons. The smallest absolute Gasteiger partial charge is 0.276 e. The molecule has 0 radical (unpaired) electrons. The highest BCUT2D eigenvalue weighted by Crippen LogP contribution is 2.26. The molecule has 2 aromatic heterocycles. The molecule has 0 unspecified atom stereocenters. The lowest BCUT2D eigenvalue weighted by Crippen LogP contribution is -2.30. The van der Waals surface area contributed by atoms with E-state index in [9.17, 15) is 4.79 Å². The standard InChI is InChI=1S/C19H20N4O4/c1-2-25-15-8-3-4-9-16(15)26-13-18(24)21-12-10-17-22-19(27-23-17)14-7-5-6-11-20-14/h3-9,11H,2,10,12-13H2,1H3,(H,21,24). The van der Waals surface area contributed by atoms with E-state index in [0.29, 0.717) is 48.5 Å². The number of carbonyl (C=O) groups is 1. The summed E-state index contributed by atoms with van der Waals surface area (Å²) in [5, 5.41) is 6.65. The number of carbonyl (C=O) groups excluding carboxylic acids is 1. The summed E-state index contributed by atoms with van der Waals surface area (Å²) in [6, 6.07) is 12.7. The topological polar surface area (TPSA) is 99.4 Å². The molecule has 27 heavy (non-hydrogen) atoms. The number of nitrogens with one attached hydrogen (secondary N) is 1. The fourth-order valence-electron chi connectivity index (χ4n) is 2.30. The van der Waals surface area contributed by atoms with Crippen molar-refractivity contribution in [2.75, 3.05) is 19.8 Å². The second kappa shape index (κ2) is 9.33. The van der Waals surface area contributed by atoms with E-state index in [0.717, 1.165) is 0 Å². The molecule has 8 heteroatoms. The van der Waals surface area contributed by atoms with E-state index in [-0.39, 0.29) is 12.5 Å². The molecule has 0 atom stereocenters. The quantitative estimate of drug-likeness (QED) is 0.618. The van der Waals surface area contributed by atoms with Gasteiger partial charge in [-0.05, 0) is 31.2 Å². The second-order valence-electron chi connectivity index (χ2n) is 5.50. The maximum absolute atomic E-state index is 12.0. The van der Waals surface area contributed by atoms with Gasteiger partial charge in [-0.2, -0.15) is 4.98 Å². The summed E-state index contributed by atoms with van der Waals surface area (Å²) in [5.74, 6) is 1.76. The first-order valence-corrected chi connectivity index (χ1v) is 8.61. The molecule has 8 nitrogen and oxygen atoms in total. The summed E-state index contributed by atoms with van der Waals surface area (Å²) in [7, 11) is 0. The molecule has 0 bridgehead atoms. The Balaban J connectivity index is 1.43. The van der Waals surface area contributed by atoms with Crippen LogP contribution in [-0.4, -0.2) is 40.8 Å². The van der Waals surface area contributed by atoms with Gasteiger partial charge < -0.3 is 19.3 Å². The Hall–Kier alpha value is -3.42. The predicted molar refractivity (Wildman–Crippen MR) is 97.3 cm³/mol. The van der Waals surface area contributed by atoms with Gasteiger partial charge in [0.05, 0.1) is 6.61 Å². The van der Waals surface area contributed by atoms with Gasteiger partial charge in [0.25, 0.3) is 11.8 Å². The number of para-hydroxylation sites is 2. The number of benzene rings is 1. The molecule has 0 aliphatic rings. The van der Waals surface area contributed by atoms with Crippen molar-refractivity contribution in [2.45, 2.75) is 13.3 Å². The van der Waals surface area contributed by atoms with Crippen LogP contribution >= 0.6 is 0 Å². The fourth-order valence-corrected chi connectivity index (χ4v) is 2.30. The van der Waals surface area contributed by atoms with Gasteiger partial charge in [-0.3, -0.25) is 9.78 Å². The number of rotatable bonds is 9. The maximum Gasteiger partial charge on any atom is 0.276 e. The van der Waals surface area contributed by atoms with Crippen molar-refractivity contribution in [3.05, 3.63) is 54.5 Å². The SMILES string of the molecule is CCOc1ccccc1OCC(=O)NCCc1noc(-c2ccccn2)n1. The molecule has 2 heterocycles. The third-order valence-corrected chi connectivity index (χ3v) is 3.53. The highest BCUT2D eigenvalue weighted by Gasteiger charge is 2.11. The van der Waals surface area contributed by atoms with Gasteiger partial charge in [-0.1, -0.05) is 23.4 Å². The summed E-state index contributed by atoms with van der Waals surface area (Å²) in [6.45, 7) is 2.68. The minimum absolute atomic E-state index is 0.102. The molecular weight excluding hydrogens is 348 g/mol. The van der Waals surface area contributed by atoms with E-state index in [1.807, 2.05) is 31.2 Å². The first kappa shape index (κ1) is 18.4. The van der Waals surface area contributed by atoms with Gasteiger partial charge in [-0.15, -0.1) is 0 Å². The fraction of sp³-hybridized carbons (Fsp3) is 0.263. The van der Waals surface area contributed by atoms with Crippen LogP contribution in [0, 0.1) is 0 Å². The molecule has 1 aromatic carbocycles. The largest absolute Gasteiger partial charge is 0.490 e. The minimum Gasteiger partial charge on any atom is -0.490 e. The Morgan fingerprint density at radius 2 is 1.89 bits per heavy atom. The summed E-state index contributed by atoms with van der Waals surface area (Å²) in [5.41, 5.74) is 0.613. The van der Waals surface area contributed by atoms with Crippen LogP contribution in [0.5, 0.6) is 11.5 Å². The molecule has 0 saturated carbocycles. The lowest BCUT2D eigenvalue weighted by atomic mass is 10.3. The number of ether oxygens (including phenoxy) is 2.